The minimum Gasteiger partial charge on any atom is -0.366 e. The van der Waals surface area contributed by atoms with Crippen molar-refractivity contribution in [2.45, 2.75) is 32.1 Å². The molecule has 3 heteroatoms. The largest absolute Gasteiger partial charge is 0.366 e. The van der Waals surface area contributed by atoms with Crippen LogP contribution in [0, 0.1) is 0 Å². The summed E-state index contributed by atoms with van der Waals surface area (Å²) in [7, 11) is 0. The normalized spacial score (nSPS) is 15.7. The molecule has 1 heterocycles. The Morgan fingerprint density at radius 2 is 2.07 bits per heavy atom. The summed E-state index contributed by atoms with van der Waals surface area (Å²) in [6.07, 6.45) is 7.14. The van der Waals surface area contributed by atoms with E-state index in [1.807, 2.05) is 0 Å². The van der Waals surface area contributed by atoms with Crippen LogP contribution in [0.4, 0.5) is 0 Å². The summed E-state index contributed by atoms with van der Waals surface area (Å²) in [6, 6.07) is 1.73. The zero-order chi connectivity index (χ0) is 9.97. The zero-order valence-electron chi connectivity index (χ0n) is 8.12. The van der Waals surface area contributed by atoms with Gasteiger partial charge in [0.25, 0.3) is 0 Å². The summed E-state index contributed by atoms with van der Waals surface area (Å²) in [5.74, 6) is -0.328. The van der Waals surface area contributed by atoms with E-state index >= 15 is 0 Å². The van der Waals surface area contributed by atoms with Gasteiger partial charge in [0.1, 0.15) is 0 Å². The van der Waals surface area contributed by atoms with Gasteiger partial charge in [-0.3, -0.25) is 9.78 Å². The van der Waals surface area contributed by atoms with Crippen molar-refractivity contribution in [3.05, 3.63) is 29.1 Å². The third-order valence-electron chi connectivity index (χ3n) is 2.75. The van der Waals surface area contributed by atoms with Gasteiger partial charge >= 0.3 is 0 Å². The van der Waals surface area contributed by atoms with E-state index in [4.69, 9.17) is 5.73 Å². The van der Waals surface area contributed by atoms with Crippen LogP contribution in [0.15, 0.2) is 12.3 Å². The van der Waals surface area contributed by atoms with Crippen LogP contribution in [-0.4, -0.2) is 10.9 Å². The Hall–Kier alpha value is -1.38. The third-order valence-corrected chi connectivity index (χ3v) is 2.75. The number of aromatic nitrogens is 1. The van der Waals surface area contributed by atoms with Crippen molar-refractivity contribution in [1.82, 2.24) is 4.98 Å². The molecule has 0 aromatic carbocycles. The van der Waals surface area contributed by atoms with Gasteiger partial charge in [0.15, 0.2) is 0 Å². The fraction of sp³-hybridized carbons (Fsp3) is 0.455. The number of primary amides is 1. The Morgan fingerprint density at radius 1 is 1.29 bits per heavy atom. The zero-order valence-corrected chi connectivity index (χ0v) is 8.12. The molecule has 2 rings (SSSR count). The highest BCUT2D eigenvalue weighted by molar-refractivity contribution is 5.94. The van der Waals surface area contributed by atoms with Crippen molar-refractivity contribution in [1.29, 1.82) is 0 Å². The number of carbonyl (C=O) groups excluding carboxylic acids is 1. The second-order valence-corrected chi connectivity index (χ2v) is 3.71. The molecule has 0 fully saturated rings. The molecule has 3 nitrogen and oxygen atoms in total. The van der Waals surface area contributed by atoms with Crippen LogP contribution in [0.5, 0.6) is 0 Å². The molecule has 0 bridgehead atoms. The maximum absolute atomic E-state index is 11.2. The van der Waals surface area contributed by atoms with E-state index < -0.39 is 0 Å². The van der Waals surface area contributed by atoms with Crippen LogP contribution in [0.1, 0.15) is 40.9 Å². The first-order valence-electron chi connectivity index (χ1n) is 5.05. The molecule has 0 unspecified atom stereocenters. The Morgan fingerprint density at radius 3 is 2.86 bits per heavy atom. The Bertz CT molecular complexity index is 360. The van der Waals surface area contributed by atoms with E-state index in [-0.39, 0.29) is 5.91 Å². The average Bonchev–Trinajstić information content (AvgIpc) is 2.41. The summed E-state index contributed by atoms with van der Waals surface area (Å²) in [6.45, 7) is 0. The van der Waals surface area contributed by atoms with Gasteiger partial charge in [-0.1, -0.05) is 6.42 Å². The summed E-state index contributed by atoms with van der Waals surface area (Å²) >= 11 is 0. The minimum absolute atomic E-state index is 0.328. The predicted octanol–water partition coefficient (Wildman–Crippen LogP) is 1.45. The van der Waals surface area contributed by atoms with E-state index in [1.54, 1.807) is 12.3 Å². The monoisotopic (exact) mass is 190 g/mol. The van der Waals surface area contributed by atoms with Crippen molar-refractivity contribution in [3.63, 3.8) is 0 Å². The molecule has 0 aliphatic heterocycles. The molecule has 14 heavy (non-hydrogen) atoms. The highest BCUT2D eigenvalue weighted by atomic mass is 16.1. The standard InChI is InChI=1S/C11H14N2O/c12-11(14)9-6-7-13-10-5-3-1-2-4-8(9)10/h6-7H,1-5H2,(H2,12,14). The SMILES string of the molecule is NC(=O)c1ccnc2c1CCCCC2. The molecule has 2 N–H and O–H groups in total. The molecule has 0 saturated heterocycles. The van der Waals surface area contributed by atoms with Crippen molar-refractivity contribution >= 4 is 5.91 Å². The Balaban J connectivity index is 2.47. The highest BCUT2D eigenvalue weighted by Gasteiger charge is 2.15. The number of hydrogen-bond acceptors (Lipinski definition) is 2. The van der Waals surface area contributed by atoms with Gasteiger partial charge in [-0.15, -0.1) is 0 Å². The number of amides is 1. The number of fused-ring (bicyclic) bond motifs is 1. The van der Waals surface area contributed by atoms with Gasteiger partial charge in [0, 0.05) is 17.5 Å². The van der Waals surface area contributed by atoms with E-state index in [9.17, 15) is 4.79 Å². The highest BCUT2D eigenvalue weighted by Crippen LogP contribution is 2.21. The fourth-order valence-corrected chi connectivity index (χ4v) is 2.03. The lowest BCUT2D eigenvalue weighted by molar-refractivity contribution is 0.0999. The first kappa shape index (κ1) is 9.19. The Kier molecular flexibility index (Phi) is 2.48. The van der Waals surface area contributed by atoms with Crippen molar-refractivity contribution in [3.8, 4) is 0 Å². The predicted molar refractivity (Wildman–Crippen MR) is 54.0 cm³/mol. The van der Waals surface area contributed by atoms with Crippen LogP contribution in [0.2, 0.25) is 0 Å². The van der Waals surface area contributed by atoms with Gasteiger partial charge < -0.3 is 5.73 Å². The number of hydrogen-bond donors (Lipinski definition) is 1. The molecule has 0 atom stereocenters. The van der Waals surface area contributed by atoms with Gasteiger partial charge in [-0.25, -0.2) is 0 Å². The average molecular weight is 190 g/mol. The van der Waals surface area contributed by atoms with Crippen LogP contribution in [-0.2, 0) is 12.8 Å². The molecule has 1 amide bonds. The van der Waals surface area contributed by atoms with Crippen LogP contribution < -0.4 is 5.73 Å². The second-order valence-electron chi connectivity index (χ2n) is 3.71. The van der Waals surface area contributed by atoms with Gasteiger partial charge in [-0.2, -0.15) is 0 Å². The molecular formula is C11H14N2O. The molecule has 0 spiro atoms. The van der Waals surface area contributed by atoms with E-state index in [2.05, 4.69) is 4.98 Å². The molecule has 74 valence electrons. The number of nitrogens with two attached hydrogens (primary N) is 1. The lowest BCUT2D eigenvalue weighted by atomic mass is 10.0. The number of carbonyl (C=O) groups is 1. The quantitative estimate of drug-likeness (QED) is 0.681. The summed E-state index contributed by atoms with van der Waals surface area (Å²) in [5.41, 5.74) is 8.14. The van der Waals surface area contributed by atoms with Gasteiger partial charge in [0.2, 0.25) is 5.91 Å². The van der Waals surface area contributed by atoms with E-state index in [1.165, 1.54) is 12.8 Å². The lowest BCUT2D eigenvalue weighted by Crippen LogP contribution is -2.15. The van der Waals surface area contributed by atoms with Crippen LogP contribution >= 0.6 is 0 Å². The molecular weight excluding hydrogens is 176 g/mol. The maximum atomic E-state index is 11.2. The van der Waals surface area contributed by atoms with E-state index in [0.29, 0.717) is 5.56 Å². The first-order chi connectivity index (χ1) is 6.79. The fourth-order valence-electron chi connectivity index (χ4n) is 2.03. The molecule has 1 aromatic rings. The van der Waals surface area contributed by atoms with Gasteiger partial charge in [-0.05, 0) is 37.3 Å². The summed E-state index contributed by atoms with van der Waals surface area (Å²) in [5, 5.41) is 0. The smallest absolute Gasteiger partial charge is 0.249 e. The lowest BCUT2D eigenvalue weighted by Gasteiger charge is -2.07. The Labute approximate surface area is 83.3 Å². The van der Waals surface area contributed by atoms with Crippen LogP contribution in [0.3, 0.4) is 0 Å². The van der Waals surface area contributed by atoms with Crippen molar-refractivity contribution in [2.24, 2.45) is 5.73 Å². The van der Waals surface area contributed by atoms with Crippen molar-refractivity contribution < 1.29 is 4.79 Å². The summed E-state index contributed by atoms with van der Waals surface area (Å²) in [4.78, 5) is 15.5. The molecule has 1 aliphatic rings. The number of aryl methyl sites for hydroxylation is 1. The first-order valence-corrected chi connectivity index (χ1v) is 5.05. The van der Waals surface area contributed by atoms with Crippen molar-refractivity contribution in [2.75, 3.05) is 0 Å². The molecule has 0 radical (unpaired) electrons. The number of pyridine rings is 1. The molecule has 1 aliphatic carbocycles. The van der Waals surface area contributed by atoms with E-state index in [0.717, 1.165) is 30.5 Å². The summed E-state index contributed by atoms with van der Waals surface area (Å²) < 4.78 is 0. The number of rotatable bonds is 1. The molecule has 0 saturated carbocycles. The minimum atomic E-state index is -0.328. The number of nitrogens with zero attached hydrogens (tertiary/aromatic N) is 1. The molecule has 1 aromatic heterocycles. The second kappa shape index (κ2) is 3.78. The third kappa shape index (κ3) is 1.62. The van der Waals surface area contributed by atoms with Gasteiger partial charge in [0.05, 0.1) is 0 Å². The topological polar surface area (TPSA) is 56.0 Å². The maximum Gasteiger partial charge on any atom is 0.249 e. The van der Waals surface area contributed by atoms with Crippen LogP contribution in [0.25, 0.3) is 0 Å².